The molecule has 104 valence electrons. The van der Waals surface area contributed by atoms with Gasteiger partial charge in [0.05, 0.1) is 24.1 Å². The van der Waals surface area contributed by atoms with Gasteiger partial charge in [-0.05, 0) is 31.7 Å². The second kappa shape index (κ2) is 5.07. The van der Waals surface area contributed by atoms with Crippen molar-refractivity contribution >= 4 is 5.84 Å². The Hall–Kier alpha value is -2.17. The number of fused-ring (bicyclic) bond motifs is 1. The van der Waals surface area contributed by atoms with Crippen molar-refractivity contribution in [2.75, 3.05) is 0 Å². The molecule has 0 atom stereocenters. The smallest absolute Gasteiger partial charge is 0.139 e. The largest absolute Gasteiger partial charge is 0.384 e. The molecule has 1 aromatic carbocycles. The number of benzene rings is 1. The van der Waals surface area contributed by atoms with E-state index in [1.165, 1.54) is 18.2 Å². The second-order valence-electron chi connectivity index (χ2n) is 5.17. The van der Waals surface area contributed by atoms with E-state index >= 15 is 0 Å². The van der Waals surface area contributed by atoms with Crippen LogP contribution in [0.25, 0.3) is 0 Å². The number of aryl methyl sites for hydroxylation is 1. The summed E-state index contributed by atoms with van der Waals surface area (Å²) in [7, 11) is 0. The monoisotopic (exact) mass is 272 g/mol. The lowest BCUT2D eigenvalue weighted by molar-refractivity contribution is 0.583. The highest BCUT2D eigenvalue weighted by molar-refractivity contribution is 5.95. The molecule has 3 N–H and O–H groups in total. The van der Waals surface area contributed by atoms with Crippen LogP contribution in [0, 0.1) is 11.2 Å². The molecular formula is C15H17FN4. The van der Waals surface area contributed by atoms with Gasteiger partial charge in [-0.1, -0.05) is 12.1 Å². The minimum Gasteiger partial charge on any atom is -0.384 e. The molecule has 0 spiro atoms. The third-order valence-electron chi connectivity index (χ3n) is 3.82. The molecule has 0 amide bonds. The predicted octanol–water partition coefficient (Wildman–Crippen LogP) is 2.23. The number of nitrogens with zero attached hydrogens (tertiary/aromatic N) is 2. The highest BCUT2D eigenvalue weighted by Gasteiger charge is 2.17. The maximum atomic E-state index is 14.3. The molecule has 1 aromatic heterocycles. The highest BCUT2D eigenvalue weighted by Crippen LogP contribution is 2.22. The van der Waals surface area contributed by atoms with Gasteiger partial charge in [0.15, 0.2) is 0 Å². The van der Waals surface area contributed by atoms with E-state index in [2.05, 4.69) is 4.98 Å². The summed E-state index contributed by atoms with van der Waals surface area (Å²) in [5.41, 5.74) is 8.45. The maximum absolute atomic E-state index is 14.3. The van der Waals surface area contributed by atoms with Crippen LogP contribution in [0.4, 0.5) is 4.39 Å². The first-order valence-electron chi connectivity index (χ1n) is 6.81. The Kier molecular flexibility index (Phi) is 3.26. The maximum Gasteiger partial charge on any atom is 0.139 e. The molecule has 1 aliphatic carbocycles. The summed E-state index contributed by atoms with van der Waals surface area (Å²) >= 11 is 0. The van der Waals surface area contributed by atoms with Crippen molar-refractivity contribution < 1.29 is 4.39 Å². The highest BCUT2D eigenvalue weighted by atomic mass is 19.1. The lowest BCUT2D eigenvalue weighted by Gasteiger charge is -2.15. The summed E-state index contributed by atoms with van der Waals surface area (Å²) in [6.07, 6.45) is 6.14. The van der Waals surface area contributed by atoms with Gasteiger partial charge >= 0.3 is 0 Å². The van der Waals surface area contributed by atoms with Crippen molar-refractivity contribution in [1.29, 1.82) is 5.41 Å². The van der Waals surface area contributed by atoms with E-state index in [-0.39, 0.29) is 11.4 Å². The number of hydrogen-bond donors (Lipinski definition) is 2. The Bertz CT molecular complexity index is 660. The van der Waals surface area contributed by atoms with Gasteiger partial charge in [0.25, 0.3) is 0 Å². The molecule has 3 rings (SSSR count). The molecule has 1 aliphatic rings. The van der Waals surface area contributed by atoms with Crippen molar-refractivity contribution in [2.45, 2.75) is 32.2 Å². The lowest BCUT2D eigenvalue weighted by atomic mass is 10.0. The van der Waals surface area contributed by atoms with Gasteiger partial charge < -0.3 is 10.3 Å². The molecule has 4 nitrogen and oxygen atoms in total. The van der Waals surface area contributed by atoms with Crippen molar-refractivity contribution in [2.24, 2.45) is 5.73 Å². The van der Waals surface area contributed by atoms with Crippen LogP contribution < -0.4 is 5.73 Å². The van der Waals surface area contributed by atoms with Crippen LogP contribution in [-0.2, 0) is 19.4 Å². The van der Waals surface area contributed by atoms with Crippen LogP contribution in [0.1, 0.15) is 35.4 Å². The van der Waals surface area contributed by atoms with Crippen LogP contribution in [0.3, 0.4) is 0 Å². The zero-order valence-electron chi connectivity index (χ0n) is 11.2. The average Bonchev–Trinajstić information content (AvgIpc) is 2.84. The van der Waals surface area contributed by atoms with Crippen LogP contribution in [0.15, 0.2) is 24.5 Å². The normalized spacial score (nSPS) is 14.1. The number of imidazole rings is 1. The first-order valence-corrected chi connectivity index (χ1v) is 6.81. The fourth-order valence-electron chi connectivity index (χ4n) is 2.76. The van der Waals surface area contributed by atoms with E-state index in [9.17, 15) is 4.39 Å². The summed E-state index contributed by atoms with van der Waals surface area (Å²) in [5, 5.41) is 7.39. The van der Waals surface area contributed by atoms with Crippen molar-refractivity contribution in [3.8, 4) is 0 Å². The molecule has 0 saturated heterocycles. The van der Waals surface area contributed by atoms with Gasteiger partial charge in [-0.25, -0.2) is 9.37 Å². The summed E-state index contributed by atoms with van der Waals surface area (Å²) < 4.78 is 16.3. The number of rotatable bonds is 3. The van der Waals surface area contributed by atoms with Gasteiger partial charge in [-0.3, -0.25) is 5.41 Å². The fourth-order valence-corrected chi connectivity index (χ4v) is 2.76. The van der Waals surface area contributed by atoms with Crippen LogP contribution in [0.2, 0.25) is 0 Å². The molecular weight excluding hydrogens is 255 g/mol. The second-order valence-corrected chi connectivity index (χ2v) is 5.17. The Labute approximate surface area is 117 Å². The van der Waals surface area contributed by atoms with Crippen LogP contribution in [0.5, 0.6) is 0 Å². The Balaban J connectivity index is 1.94. The SMILES string of the molecule is N=C(N)c1cccc(Cn2cnc3c2CCCC3)c1F. The van der Waals surface area contributed by atoms with Crippen LogP contribution in [-0.4, -0.2) is 15.4 Å². The average molecular weight is 272 g/mol. The number of aromatic nitrogens is 2. The Morgan fingerprint density at radius 3 is 2.95 bits per heavy atom. The molecule has 0 saturated carbocycles. The van der Waals surface area contributed by atoms with E-state index in [1.54, 1.807) is 18.5 Å². The lowest BCUT2D eigenvalue weighted by Crippen LogP contribution is -2.15. The summed E-state index contributed by atoms with van der Waals surface area (Å²) in [4.78, 5) is 4.41. The molecule has 20 heavy (non-hydrogen) atoms. The number of nitrogens with two attached hydrogens (primary N) is 1. The van der Waals surface area contributed by atoms with Crippen molar-refractivity contribution in [1.82, 2.24) is 9.55 Å². The van der Waals surface area contributed by atoms with E-state index in [0.717, 1.165) is 25.0 Å². The molecule has 5 heteroatoms. The molecule has 2 aromatic rings. The third-order valence-corrected chi connectivity index (χ3v) is 3.82. The van der Waals surface area contributed by atoms with Crippen molar-refractivity contribution in [3.05, 3.63) is 52.9 Å². The molecule has 0 fully saturated rings. The number of amidine groups is 1. The fraction of sp³-hybridized carbons (Fsp3) is 0.333. The standard InChI is InChI=1S/C15H17FN4/c16-14-10(4-3-5-11(14)15(17)18)8-20-9-19-12-6-1-2-7-13(12)20/h3-5,9H,1-2,6-8H2,(H3,17,18). The minimum atomic E-state index is -0.404. The molecule has 1 heterocycles. The number of nitrogens with one attached hydrogen (secondary N) is 1. The molecule has 0 bridgehead atoms. The number of hydrogen-bond acceptors (Lipinski definition) is 2. The summed E-state index contributed by atoms with van der Waals surface area (Å²) in [5.74, 6) is -0.643. The topological polar surface area (TPSA) is 67.7 Å². The number of nitrogen functional groups attached to an aromatic ring is 1. The zero-order valence-corrected chi connectivity index (χ0v) is 11.2. The predicted molar refractivity (Wildman–Crippen MR) is 75.4 cm³/mol. The first-order chi connectivity index (χ1) is 9.66. The van der Waals surface area contributed by atoms with Gasteiger partial charge in [0.2, 0.25) is 0 Å². The summed E-state index contributed by atoms with van der Waals surface area (Å²) in [6.45, 7) is 0.440. The van der Waals surface area contributed by atoms with Crippen molar-refractivity contribution in [3.63, 3.8) is 0 Å². The first kappa shape index (κ1) is 12.8. The minimum absolute atomic E-state index is 0.163. The molecule has 0 radical (unpaired) electrons. The zero-order chi connectivity index (χ0) is 14.1. The van der Waals surface area contributed by atoms with Gasteiger partial charge in [0.1, 0.15) is 11.7 Å². The van der Waals surface area contributed by atoms with E-state index in [0.29, 0.717) is 12.1 Å². The third kappa shape index (κ3) is 2.19. The van der Waals surface area contributed by atoms with E-state index in [1.807, 2.05) is 4.57 Å². The summed E-state index contributed by atoms with van der Waals surface area (Å²) in [6, 6.07) is 5.00. The number of halogens is 1. The van der Waals surface area contributed by atoms with Crippen LogP contribution >= 0.6 is 0 Å². The van der Waals surface area contributed by atoms with E-state index < -0.39 is 5.82 Å². The van der Waals surface area contributed by atoms with Gasteiger partial charge in [-0.2, -0.15) is 0 Å². The quantitative estimate of drug-likeness (QED) is 0.664. The van der Waals surface area contributed by atoms with E-state index in [4.69, 9.17) is 11.1 Å². The molecule has 0 unspecified atom stereocenters. The molecule has 0 aliphatic heterocycles. The Morgan fingerprint density at radius 2 is 2.15 bits per heavy atom. The van der Waals surface area contributed by atoms with Gasteiger partial charge in [-0.15, -0.1) is 0 Å². The Morgan fingerprint density at radius 1 is 1.35 bits per heavy atom. The van der Waals surface area contributed by atoms with Gasteiger partial charge in [0, 0.05) is 11.3 Å².